The SMILES string of the molecule is Cc1cccc(C)c1-n1c(C)cc(C2C(c3ccccn3)NC(=S)N2c2ccc(NS(C)(=O)=O)cc2)c1C. The minimum Gasteiger partial charge on any atom is -0.351 e. The van der Waals surface area contributed by atoms with Gasteiger partial charge in [0.1, 0.15) is 0 Å². The summed E-state index contributed by atoms with van der Waals surface area (Å²) in [6.07, 6.45) is 2.94. The lowest BCUT2D eigenvalue weighted by Crippen LogP contribution is -2.29. The highest BCUT2D eigenvalue weighted by atomic mass is 32.2. The van der Waals surface area contributed by atoms with Crippen molar-refractivity contribution in [3.63, 3.8) is 0 Å². The zero-order chi connectivity index (χ0) is 27.2. The summed E-state index contributed by atoms with van der Waals surface area (Å²) in [5.74, 6) is 0. The maximum atomic E-state index is 11.7. The molecule has 2 atom stereocenters. The molecule has 0 spiro atoms. The molecule has 2 unspecified atom stereocenters. The van der Waals surface area contributed by atoms with Gasteiger partial charge < -0.3 is 14.8 Å². The molecular formula is C29H31N5O2S2. The number of hydrogen-bond acceptors (Lipinski definition) is 4. The van der Waals surface area contributed by atoms with E-state index in [0.29, 0.717) is 10.8 Å². The smallest absolute Gasteiger partial charge is 0.229 e. The number of nitrogens with one attached hydrogen (secondary N) is 2. The molecule has 2 aromatic heterocycles. The Bertz CT molecular complexity index is 1590. The van der Waals surface area contributed by atoms with Gasteiger partial charge in [-0.05, 0) is 99.1 Å². The summed E-state index contributed by atoms with van der Waals surface area (Å²) in [5.41, 5.74) is 9.30. The van der Waals surface area contributed by atoms with Crippen molar-refractivity contribution in [2.45, 2.75) is 39.8 Å². The number of thiocarbonyl (C=S) groups is 1. The van der Waals surface area contributed by atoms with E-state index >= 15 is 0 Å². The lowest BCUT2D eigenvalue weighted by Gasteiger charge is -2.28. The maximum absolute atomic E-state index is 11.7. The van der Waals surface area contributed by atoms with E-state index < -0.39 is 10.0 Å². The predicted molar refractivity (Wildman–Crippen MR) is 158 cm³/mol. The third-order valence-electron chi connectivity index (χ3n) is 7.00. The van der Waals surface area contributed by atoms with Crippen molar-refractivity contribution in [3.8, 4) is 5.69 Å². The number of benzene rings is 2. The van der Waals surface area contributed by atoms with E-state index in [0.717, 1.165) is 34.6 Å². The second-order valence-electron chi connectivity index (χ2n) is 9.82. The molecule has 196 valence electrons. The fourth-order valence-corrected chi connectivity index (χ4v) is 6.35. The van der Waals surface area contributed by atoms with Crippen molar-refractivity contribution in [2.24, 2.45) is 0 Å². The van der Waals surface area contributed by atoms with Crippen molar-refractivity contribution in [1.82, 2.24) is 14.9 Å². The molecule has 4 aromatic rings. The summed E-state index contributed by atoms with van der Waals surface area (Å²) in [6.45, 7) is 8.57. The molecule has 9 heteroatoms. The van der Waals surface area contributed by atoms with E-state index in [4.69, 9.17) is 12.2 Å². The summed E-state index contributed by atoms with van der Waals surface area (Å²) in [7, 11) is -3.37. The third kappa shape index (κ3) is 4.79. The number of para-hydroxylation sites is 1. The highest BCUT2D eigenvalue weighted by molar-refractivity contribution is 7.92. The second kappa shape index (κ2) is 9.89. The zero-order valence-electron chi connectivity index (χ0n) is 22.1. The Morgan fingerprint density at radius 2 is 1.63 bits per heavy atom. The lowest BCUT2D eigenvalue weighted by molar-refractivity contribution is 0.565. The molecule has 5 rings (SSSR count). The van der Waals surface area contributed by atoms with Gasteiger partial charge in [-0.15, -0.1) is 0 Å². The fraction of sp³-hybridized carbons (Fsp3) is 0.241. The van der Waals surface area contributed by atoms with Crippen LogP contribution in [-0.2, 0) is 10.0 Å². The first kappa shape index (κ1) is 25.9. The van der Waals surface area contributed by atoms with Crippen molar-refractivity contribution in [1.29, 1.82) is 0 Å². The van der Waals surface area contributed by atoms with Crippen LogP contribution >= 0.6 is 12.2 Å². The first-order valence-electron chi connectivity index (χ1n) is 12.4. The predicted octanol–water partition coefficient (Wildman–Crippen LogP) is 5.65. The lowest BCUT2D eigenvalue weighted by atomic mass is 9.96. The second-order valence-corrected chi connectivity index (χ2v) is 12.0. The minimum absolute atomic E-state index is 0.171. The molecular weight excluding hydrogens is 514 g/mol. The molecule has 0 saturated carbocycles. The molecule has 0 bridgehead atoms. The van der Waals surface area contributed by atoms with Crippen LogP contribution in [-0.4, -0.2) is 29.3 Å². The van der Waals surface area contributed by atoms with Crippen LogP contribution in [0.4, 0.5) is 11.4 Å². The van der Waals surface area contributed by atoms with Gasteiger partial charge >= 0.3 is 0 Å². The van der Waals surface area contributed by atoms with Crippen LogP contribution in [0.1, 0.15) is 45.9 Å². The van der Waals surface area contributed by atoms with Crippen molar-refractivity contribution >= 4 is 38.7 Å². The molecule has 0 amide bonds. The molecule has 2 N–H and O–H groups in total. The summed E-state index contributed by atoms with van der Waals surface area (Å²) in [4.78, 5) is 6.77. The number of aryl methyl sites for hydroxylation is 3. The summed E-state index contributed by atoms with van der Waals surface area (Å²) in [6, 6.07) is 21.5. The van der Waals surface area contributed by atoms with E-state index in [1.807, 2.05) is 30.3 Å². The van der Waals surface area contributed by atoms with Crippen LogP contribution in [0, 0.1) is 27.7 Å². The highest BCUT2D eigenvalue weighted by Crippen LogP contribution is 2.44. The van der Waals surface area contributed by atoms with Crippen molar-refractivity contribution < 1.29 is 8.42 Å². The summed E-state index contributed by atoms with van der Waals surface area (Å²) < 4.78 is 28.3. The molecule has 7 nitrogen and oxygen atoms in total. The van der Waals surface area contributed by atoms with Gasteiger partial charge in [0, 0.05) is 29.0 Å². The molecule has 0 radical (unpaired) electrons. The van der Waals surface area contributed by atoms with Gasteiger partial charge in [-0.1, -0.05) is 24.3 Å². The number of hydrogen-bond donors (Lipinski definition) is 2. The molecule has 1 fully saturated rings. The van der Waals surface area contributed by atoms with E-state index in [-0.39, 0.29) is 12.1 Å². The normalized spacial score (nSPS) is 17.5. The largest absolute Gasteiger partial charge is 0.351 e. The molecule has 1 aliphatic rings. The Morgan fingerprint density at radius 3 is 2.24 bits per heavy atom. The Hall–Kier alpha value is -3.69. The zero-order valence-corrected chi connectivity index (χ0v) is 23.7. The van der Waals surface area contributed by atoms with Crippen LogP contribution in [0.3, 0.4) is 0 Å². The Kier molecular flexibility index (Phi) is 6.75. The Morgan fingerprint density at radius 1 is 0.947 bits per heavy atom. The van der Waals surface area contributed by atoms with Gasteiger partial charge in [0.25, 0.3) is 0 Å². The van der Waals surface area contributed by atoms with Gasteiger partial charge in [0.15, 0.2) is 5.11 Å². The Labute approximate surface area is 229 Å². The number of sulfonamides is 1. The number of anilines is 2. The van der Waals surface area contributed by atoms with E-state index in [1.165, 1.54) is 16.8 Å². The molecule has 0 aliphatic carbocycles. The quantitative estimate of drug-likeness (QED) is 0.305. The van der Waals surface area contributed by atoms with Crippen LogP contribution in [0.5, 0.6) is 0 Å². The number of nitrogens with zero attached hydrogens (tertiary/aromatic N) is 3. The Balaban J connectivity index is 1.65. The molecule has 1 aliphatic heterocycles. The van der Waals surface area contributed by atoms with Crippen LogP contribution in [0.25, 0.3) is 5.69 Å². The van der Waals surface area contributed by atoms with Crippen LogP contribution in [0.15, 0.2) is 72.9 Å². The average Bonchev–Trinajstić information content (AvgIpc) is 3.35. The van der Waals surface area contributed by atoms with Gasteiger partial charge in [0.2, 0.25) is 10.0 Å². The monoisotopic (exact) mass is 545 g/mol. The molecule has 1 saturated heterocycles. The summed E-state index contributed by atoms with van der Waals surface area (Å²) >= 11 is 5.88. The van der Waals surface area contributed by atoms with Gasteiger partial charge in [0.05, 0.1) is 29.7 Å². The minimum atomic E-state index is -3.37. The standard InChI is InChI=1S/C29H31N5O2S2/c1-18-9-8-10-19(2)27(18)33-20(3)17-24(21(33)4)28-26(25-11-6-7-16-30-25)31-29(37)34(28)23-14-12-22(13-15-23)32-38(5,35)36/h6-17,26,28,32H,1-5H3,(H,31,37). The van der Waals surface area contributed by atoms with E-state index in [9.17, 15) is 8.42 Å². The average molecular weight is 546 g/mol. The van der Waals surface area contributed by atoms with Crippen LogP contribution < -0.4 is 14.9 Å². The number of pyridine rings is 1. The maximum Gasteiger partial charge on any atom is 0.229 e. The van der Waals surface area contributed by atoms with Gasteiger partial charge in [-0.25, -0.2) is 8.42 Å². The van der Waals surface area contributed by atoms with Gasteiger partial charge in [-0.3, -0.25) is 9.71 Å². The molecule has 2 aromatic carbocycles. The van der Waals surface area contributed by atoms with E-state index in [1.54, 1.807) is 18.3 Å². The van der Waals surface area contributed by atoms with E-state index in [2.05, 4.69) is 76.5 Å². The molecule has 3 heterocycles. The number of aromatic nitrogens is 2. The fourth-order valence-electron chi connectivity index (χ4n) is 5.44. The van der Waals surface area contributed by atoms with Gasteiger partial charge in [-0.2, -0.15) is 0 Å². The third-order valence-corrected chi connectivity index (χ3v) is 7.92. The highest BCUT2D eigenvalue weighted by Gasteiger charge is 2.42. The molecule has 38 heavy (non-hydrogen) atoms. The van der Waals surface area contributed by atoms with Crippen LogP contribution in [0.2, 0.25) is 0 Å². The van der Waals surface area contributed by atoms with Crippen molar-refractivity contribution in [3.05, 3.63) is 107 Å². The summed E-state index contributed by atoms with van der Waals surface area (Å²) in [5, 5.41) is 4.10. The van der Waals surface area contributed by atoms with Crippen molar-refractivity contribution in [2.75, 3.05) is 15.9 Å². The number of rotatable bonds is 6. The first-order valence-corrected chi connectivity index (χ1v) is 14.7. The topological polar surface area (TPSA) is 79.3 Å². The first-order chi connectivity index (χ1) is 18.0.